The molecule has 52 valence electrons. The fourth-order valence-electron chi connectivity index (χ4n) is 0.982. The molecule has 1 atom stereocenters. The van der Waals surface area contributed by atoms with Crippen LogP contribution in [0.4, 0.5) is 0 Å². The molecule has 1 heteroatoms. The molecule has 0 aromatic carbocycles. The highest BCUT2D eigenvalue weighted by Gasteiger charge is 2.14. The Balaban J connectivity index is 2.45. The molecule has 0 N–H and O–H groups in total. The Morgan fingerprint density at radius 3 is 2.56 bits per heavy atom. The number of thioether (sulfide) groups is 1. The van der Waals surface area contributed by atoms with Gasteiger partial charge in [0.25, 0.3) is 0 Å². The van der Waals surface area contributed by atoms with Crippen LogP contribution in [0.3, 0.4) is 0 Å². The van der Waals surface area contributed by atoms with E-state index in [-0.39, 0.29) is 0 Å². The molecular weight excluding hydrogens is 128 g/mol. The van der Waals surface area contributed by atoms with E-state index in [0.29, 0.717) is 0 Å². The molecule has 0 amide bonds. The molecular formula is C8H14S. The standard InChI is InChI=1S/C8H14S/c1-6(2)8-5-4-7(3)9-8/h5-7H,4H2,1-3H3. The van der Waals surface area contributed by atoms with Crippen LogP contribution in [-0.4, -0.2) is 5.25 Å². The van der Waals surface area contributed by atoms with Crippen LogP contribution >= 0.6 is 11.8 Å². The van der Waals surface area contributed by atoms with E-state index in [2.05, 4.69) is 26.8 Å². The average molecular weight is 142 g/mol. The number of rotatable bonds is 1. The Morgan fingerprint density at radius 2 is 2.33 bits per heavy atom. The third-order valence-corrected chi connectivity index (χ3v) is 3.06. The largest absolute Gasteiger partial charge is 0.127 e. The van der Waals surface area contributed by atoms with Gasteiger partial charge >= 0.3 is 0 Å². The Bertz CT molecular complexity index is 125. The van der Waals surface area contributed by atoms with Gasteiger partial charge in [0.2, 0.25) is 0 Å². The van der Waals surface area contributed by atoms with E-state index < -0.39 is 0 Å². The topological polar surface area (TPSA) is 0 Å². The van der Waals surface area contributed by atoms with E-state index in [1.807, 2.05) is 11.8 Å². The minimum Gasteiger partial charge on any atom is -0.127 e. The first-order valence-corrected chi connectivity index (χ1v) is 4.45. The predicted octanol–water partition coefficient (Wildman–Crippen LogP) is 3.05. The Kier molecular flexibility index (Phi) is 2.23. The lowest BCUT2D eigenvalue weighted by Gasteiger charge is -2.05. The average Bonchev–Trinajstić information content (AvgIpc) is 2.14. The maximum Gasteiger partial charge on any atom is 0.00977 e. The number of hydrogen-bond acceptors (Lipinski definition) is 1. The van der Waals surface area contributed by atoms with Crippen molar-refractivity contribution in [1.82, 2.24) is 0 Å². The molecule has 1 heterocycles. The first-order chi connectivity index (χ1) is 4.20. The molecule has 0 saturated carbocycles. The highest BCUT2D eigenvalue weighted by Crippen LogP contribution is 2.36. The van der Waals surface area contributed by atoms with Gasteiger partial charge in [0, 0.05) is 5.25 Å². The van der Waals surface area contributed by atoms with Crippen LogP contribution in [0.1, 0.15) is 27.2 Å². The summed E-state index contributed by atoms with van der Waals surface area (Å²) < 4.78 is 0. The molecule has 1 unspecified atom stereocenters. The van der Waals surface area contributed by atoms with Gasteiger partial charge in [-0.2, -0.15) is 0 Å². The van der Waals surface area contributed by atoms with Crippen LogP contribution in [0.2, 0.25) is 0 Å². The fraction of sp³-hybridized carbons (Fsp3) is 0.750. The van der Waals surface area contributed by atoms with Gasteiger partial charge in [-0.05, 0) is 17.2 Å². The highest BCUT2D eigenvalue weighted by molar-refractivity contribution is 8.03. The lowest BCUT2D eigenvalue weighted by molar-refractivity contribution is 0.816. The number of allylic oxidation sites excluding steroid dienone is 2. The van der Waals surface area contributed by atoms with E-state index in [0.717, 1.165) is 11.2 Å². The zero-order valence-electron chi connectivity index (χ0n) is 6.35. The van der Waals surface area contributed by atoms with E-state index in [9.17, 15) is 0 Å². The van der Waals surface area contributed by atoms with Crippen LogP contribution in [0.15, 0.2) is 11.0 Å². The van der Waals surface area contributed by atoms with Crippen LogP contribution < -0.4 is 0 Å². The second kappa shape index (κ2) is 2.78. The second-order valence-corrected chi connectivity index (χ2v) is 4.44. The molecule has 0 aliphatic carbocycles. The summed E-state index contributed by atoms with van der Waals surface area (Å²) in [6.45, 7) is 6.81. The summed E-state index contributed by atoms with van der Waals surface area (Å²) >= 11 is 2.03. The van der Waals surface area contributed by atoms with E-state index in [4.69, 9.17) is 0 Å². The summed E-state index contributed by atoms with van der Waals surface area (Å²) in [7, 11) is 0. The smallest absolute Gasteiger partial charge is 0.00977 e. The quantitative estimate of drug-likeness (QED) is 0.542. The van der Waals surface area contributed by atoms with Gasteiger partial charge in [0.15, 0.2) is 0 Å². The van der Waals surface area contributed by atoms with Crippen molar-refractivity contribution in [2.24, 2.45) is 5.92 Å². The lowest BCUT2D eigenvalue weighted by atomic mass is 10.2. The fourth-order valence-corrected chi connectivity index (χ4v) is 2.10. The molecule has 0 bridgehead atoms. The molecule has 9 heavy (non-hydrogen) atoms. The van der Waals surface area contributed by atoms with Crippen LogP contribution in [-0.2, 0) is 0 Å². The summed E-state index contributed by atoms with van der Waals surface area (Å²) in [5.74, 6) is 0.750. The number of hydrogen-bond donors (Lipinski definition) is 0. The van der Waals surface area contributed by atoms with Crippen molar-refractivity contribution in [1.29, 1.82) is 0 Å². The molecule has 1 aliphatic heterocycles. The van der Waals surface area contributed by atoms with Crippen molar-refractivity contribution >= 4 is 11.8 Å². The molecule has 0 nitrogen and oxygen atoms in total. The van der Waals surface area contributed by atoms with Gasteiger partial charge in [-0.3, -0.25) is 0 Å². The molecule has 0 saturated heterocycles. The minimum atomic E-state index is 0.750. The van der Waals surface area contributed by atoms with Gasteiger partial charge in [-0.15, -0.1) is 11.8 Å². The second-order valence-electron chi connectivity index (χ2n) is 2.93. The summed E-state index contributed by atoms with van der Waals surface area (Å²) in [6, 6.07) is 0. The summed E-state index contributed by atoms with van der Waals surface area (Å²) in [4.78, 5) is 1.59. The Hall–Kier alpha value is 0.0900. The third kappa shape index (κ3) is 1.75. The van der Waals surface area contributed by atoms with Crippen LogP contribution in [0.5, 0.6) is 0 Å². The summed E-state index contributed by atoms with van der Waals surface area (Å²) in [5, 5.41) is 0.836. The first-order valence-electron chi connectivity index (χ1n) is 3.57. The van der Waals surface area contributed by atoms with Crippen molar-refractivity contribution < 1.29 is 0 Å². The molecule has 1 rings (SSSR count). The van der Waals surface area contributed by atoms with Crippen molar-refractivity contribution in [2.45, 2.75) is 32.4 Å². The zero-order valence-corrected chi connectivity index (χ0v) is 7.16. The van der Waals surface area contributed by atoms with Crippen molar-refractivity contribution in [2.75, 3.05) is 0 Å². The van der Waals surface area contributed by atoms with Crippen molar-refractivity contribution in [3.8, 4) is 0 Å². The molecule has 0 aromatic heterocycles. The maximum atomic E-state index is 2.38. The highest BCUT2D eigenvalue weighted by atomic mass is 32.2. The lowest BCUT2D eigenvalue weighted by Crippen LogP contribution is -1.88. The van der Waals surface area contributed by atoms with Gasteiger partial charge < -0.3 is 0 Å². The normalized spacial score (nSPS) is 27.1. The van der Waals surface area contributed by atoms with E-state index in [1.54, 1.807) is 4.91 Å². The van der Waals surface area contributed by atoms with Gasteiger partial charge in [-0.1, -0.05) is 26.8 Å². The third-order valence-electron chi connectivity index (χ3n) is 1.56. The summed E-state index contributed by atoms with van der Waals surface area (Å²) in [5.41, 5.74) is 0. The Labute approximate surface area is 61.7 Å². The first kappa shape index (κ1) is 7.20. The summed E-state index contributed by atoms with van der Waals surface area (Å²) in [6.07, 6.45) is 3.65. The van der Waals surface area contributed by atoms with Crippen LogP contribution in [0.25, 0.3) is 0 Å². The van der Waals surface area contributed by atoms with Gasteiger partial charge in [0.1, 0.15) is 0 Å². The Morgan fingerprint density at radius 1 is 1.67 bits per heavy atom. The monoisotopic (exact) mass is 142 g/mol. The zero-order chi connectivity index (χ0) is 6.85. The van der Waals surface area contributed by atoms with Gasteiger partial charge in [0.05, 0.1) is 0 Å². The molecule has 1 aliphatic rings. The molecule has 0 radical (unpaired) electrons. The minimum absolute atomic E-state index is 0.750. The maximum absolute atomic E-state index is 2.38. The molecule has 0 spiro atoms. The van der Waals surface area contributed by atoms with Gasteiger partial charge in [-0.25, -0.2) is 0 Å². The SMILES string of the molecule is CC1CC=C(C(C)C)S1. The van der Waals surface area contributed by atoms with E-state index >= 15 is 0 Å². The predicted molar refractivity (Wildman–Crippen MR) is 44.6 cm³/mol. The van der Waals surface area contributed by atoms with Crippen molar-refractivity contribution in [3.05, 3.63) is 11.0 Å². The van der Waals surface area contributed by atoms with Crippen LogP contribution in [0, 0.1) is 5.92 Å². The van der Waals surface area contributed by atoms with Crippen molar-refractivity contribution in [3.63, 3.8) is 0 Å². The van der Waals surface area contributed by atoms with E-state index in [1.165, 1.54) is 6.42 Å². The molecule has 0 fully saturated rings. The molecule has 0 aromatic rings.